The maximum atomic E-state index is 13.2. The van der Waals surface area contributed by atoms with Crippen LogP contribution in [0.3, 0.4) is 0 Å². The van der Waals surface area contributed by atoms with E-state index in [0.29, 0.717) is 21.7 Å². The quantitative estimate of drug-likeness (QED) is 0.353. The van der Waals surface area contributed by atoms with E-state index in [1.165, 1.54) is 30.3 Å². The highest BCUT2D eigenvalue weighted by molar-refractivity contribution is 6.35. The Morgan fingerprint density at radius 3 is 2.48 bits per heavy atom. The van der Waals surface area contributed by atoms with Crippen molar-refractivity contribution in [1.82, 2.24) is 0 Å². The van der Waals surface area contributed by atoms with Crippen molar-refractivity contribution in [2.24, 2.45) is 0 Å². The van der Waals surface area contributed by atoms with Gasteiger partial charge in [-0.2, -0.15) is 0 Å². The molecule has 0 bridgehead atoms. The van der Waals surface area contributed by atoms with Gasteiger partial charge in [0.2, 0.25) is 5.78 Å². The van der Waals surface area contributed by atoms with Crippen LogP contribution in [0.4, 0.5) is 10.1 Å². The molecule has 0 aliphatic rings. The molecule has 1 aromatic heterocycles. The van der Waals surface area contributed by atoms with Crippen molar-refractivity contribution in [1.29, 1.82) is 0 Å². The summed E-state index contributed by atoms with van der Waals surface area (Å²) < 4.78 is 24.4. The van der Waals surface area contributed by atoms with Crippen molar-refractivity contribution >= 4 is 51.5 Å². The van der Waals surface area contributed by atoms with Gasteiger partial charge in [0.05, 0.1) is 10.7 Å². The molecule has 1 amide bonds. The third-order valence-corrected chi connectivity index (χ3v) is 4.96. The summed E-state index contributed by atoms with van der Waals surface area (Å²) in [5.41, 5.74) is 0.853. The number of halogens is 3. The average molecular weight is 458 g/mol. The molecule has 8 heteroatoms. The summed E-state index contributed by atoms with van der Waals surface area (Å²) in [4.78, 5) is 25.5. The molecule has 3 aromatic carbocycles. The van der Waals surface area contributed by atoms with E-state index in [-0.39, 0.29) is 28.6 Å². The Morgan fingerprint density at radius 1 is 1.00 bits per heavy atom. The molecule has 1 N–H and O–H groups in total. The molecule has 4 aromatic rings. The first-order valence-electron chi connectivity index (χ1n) is 9.12. The van der Waals surface area contributed by atoms with Crippen LogP contribution in [-0.2, 0) is 4.79 Å². The highest BCUT2D eigenvalue weighted by Gasteiger charge is 2.23. The molecule has 31 heavy (non-hydrogen) atoms. The van der Waals surface area contributed by atoms with Crippen LogP contribution in [0.15, 0.2) is 71.1 Å². The summed E-state index contributed by atoms with van der Waals surface area (Å²) in [5.74, 6) is -1.25. The molecule has 0 aliphatic heterocycles. The third-order valence-electron chi connectivity index (χ3n) is 4.43. The number of hydrogen-bond acceptors (Lipinski definition) is 4. The highest BCUT2D eigenvalue weighted by Crippen LogP contribution is 2.33. The molecule has 0 aliphatic carbocycles. The van der Waals surface area contributed by atoms with E-state index in [1.807, 2.05) is 0 Å². The zero-order valence-electron chi connectivity index (χ0n) is 15.8. The summed E-state index contributed by atoms with van der Waals surface area (Å²) in [5, 5.41) is 3.93. The van der Waals surface area contributed by atoms with Gasteiger partial charge in [0, 0.05) is 16.0 Å². The fourth-order valence-electron chi connectivity index (χ4n) is 2.97. The van der Waals surface area contributed by atoms with Crippen molar-refractivity contribution < 1.29 is 23.1 Å². The normalized spacial score (nSPS) is 10.8. The summed E-state index contributed by atoms with van der Waals surface area (Å²) in [6.45, 7) is -0.356. The molecule has 0 fully saturated rings. The molecule has 4 rings (SSSR count). The van der Waals surface area contributed by atoms with Gasteiger partial charge in [0.1, 0.15) is 17.1 Å². The maximum Gasteiger partial charge on any atom is 0.262 e. The average Bonchev–Trinajstić information content (AvgIpc) is 3.11. The maximum absolute atomic E-state index is 13.2. The van der Waals surface area contributed by atoms with E-state index >= 15 is 0 Å². The smallest absolute Gasteiger partial charge is 0.262 e. The van der Waals surface area contributed by atoms with Crippen LogP contribution >= 0.6 is 23.2 Å². The summed E-state index contributed by atoms with van der Waals surface area (Å²) in [6.07, 6.45) is 0. The van der Waals surface area contributed by atoms with Gasteiger partial charge in [0.15, 0.2) is 12.4 Å². The second kappa shape index (κ2) is 8.79. The van der Waals surface area contributed by atoms with Gasteiger partial charge >= 0.3 is 0 Å². The number of fused-ring (bicyclic) bond motifs is 1. The van der Waals surface area contributed by atoms with Crippen molar-refractivity contribution in [2.75, 3.05) is 11.9 Å². The molecule has 0 saturated carbocycles. The standard InChI is InChI=1S/C23H14Cl2FNO4/c24-14-7-10-19(17(25)11-14)30-12-20(28)27-21-16-3-1-2-4-18(16)31-23(21)22(29)13-5-8-15(26)9-6-13/h1-11H,12H2,(H,27,28). The number of ether oxygens (including phenoxy) is 1. The number of para-hydroxylation sites is 1. The van der Waals surface area contributed by atoms with Crippen molar-refractivity contribution in [3.05, 3.63) is 93.9 Å². The Labute approximate surface area is 186 Å². The lowest BCUT2D eigenvalue weighted by molar-refractivity contribution is -0.118. The molecule has 0 saturated heterocycles. The first kappa shape index (κ1) is 20.9. The molecule has 0 unspecified atom stereocenters. The van der Waals surface area contributed by atoms with Crippen LogP contribution in [0.25, 0.3) is 11.0 Å². The molecule has 0 spiro atoms. The number of carbonyl (C=O) groups excluding carboxylic acids is 2. The van der Waals surface area contributed by atoms with Crippen molar-refractivity contribution in [2.45, 2.75) is 0 Å². The minimum atomic E-state index is -0.522. The van der Waals surface area contributed by atoms with E-state index < -0.39 is 17.5 Å². The van der Waals surface area contributed by atoms with E-state index in [1.54, 1.807) is 36.4 Å². The van der Waals surface area contributed by atoms with Crippen LogP contribution in [0.1, 0.15) is 16.1 Å². The molecular formula is C23H14Cl2FNO4. The molecular weight excluding hydrogens is 444 g/mol. The van der Waals surface area contributed by atoms with E-state index in [2.05, 4.69) is 5.32 Å². The molecule has 156 valence electrons. The topological polar surface area (TPSA) is 68.5 Å². The Balaban J connectivity index is 1.60. The van der Waals surface area contributed by atoms with Gasteiger partial charge in [-0.15, -0.1) is 0 Å². The summed E-state index contributed by atoms with van der Waals surface area (Å²) >= 11 is 11.9. The van der Waals surface area contributed by atoms with Crippen molar-refractivity contribution in [3.63, 3.8) is 0 Å². The molecule has 1 heterocycles. The van der Waals surface area contributed by atoms with Crippen molar-refractivity contribution in [3.8, 4) is 5.75 Å². The predicted molar refractivity (Wildman–Crippen MR) is 117 cm³/mol. The summed E-state index contributed by atoms with van der Waals surface area (Å²) in [7, 11) is 0. The highest BCUT2D eigenvalue weighted by atomic mass is 35.5. The molecule has 0 radical (unpaired) electrons. The van der Waals surface area contributed by atoms with Gasteiger partial charge in [0.25, 0.3) is 5.91 Å². The number of rotatable bonds is 6. The number of nitrogens with one attached hydrogen (secondary N) is 1. The largest absolute Gasteiger partial charge is 0.482 e. The van der Waals surface area contributed by atoms with Crippen LogP contribution < -0.4 is 10.1 Å². The Bertz CT molecular complexity index is 1280. The zero-order chi connectivity index (χ0) is 22.0. The zero-order valence-corrected chi connectivity index (χ0v) is 17.3. The van der Waals surface area contributed by atoms with Crippen LogP contribution in [0.2, 0.25) is 10.0 Å². The van der Waals surface area contributed by atoms with E-state index in [9.17, 15) is 14.0 Å². The number of carbonyl (C=O) groups is 2. The lowest BCUT2D eigenvalue weighted by atomic mass is 10.1. The van der Waals surface area contributed by atoms with Gasteiger partial charge in [-0.25, -0.2) is 4.39 Å². The minimum absolute atomic E-state index is 0.0642. The molecule has 0 atom stereocenters. The van der Waals surface area contributed by atoms with E-state index in [0.717, 1.165) is 0 Å². The van der Waals surface area contributed by atoms with Gasteiger partial charge in [-0.05, 0) is 54.6 Å². The number of anilines is 1. The van der Waals surface area contributed by atoms with Gasteiger partial charge < -0.3 is 14.5 Å². The third kappa shape index (κ3) is 4.55. The lowest BCUT2D eigenvalue weighted by Crippen LogP contribution is -2.21. The van der Waals surface area contributed by atoms with Gasteiger partial charge in [-0.1, -0.05) is 35.3 Å². The minimum Gasteiger partial charge on any atom is -0.482 e. The Morgan fingerprint density at radius 2 is 1.74 bits per heavy atom. The summed E-state index contributed by atoms with van der Waals surface area (Å²) in [6, 6.07) is 16.6. The SMILES string of the molecule is O=C(COc1ccc(Cl)cc1Cl)Nc1c(C(=O)c2ccc(F)cc2)oc2ccccc12. The van der Waals surface area contributed by atoms with Gasteiger partial charge in [-0.3, -0.25) is 9.59 Å². The number of amides is 1. The Hall–Kier alpha value is -3.35. The number of ketones is 1. The number of benzene rings is 3. The van der Waals surface area contributed by atoms with Crippen LogP contribution in [-0.4, -0.2) is 18.3 Å². The van der Waals surface area contributed by atoms with Crippen LogP contribution in [0, 0.1) is 5.82 Å². The first-order chi connectivity index (χ1) is 14.9. The number of hydrogen-bond donors (Lipinski definition) is 1. The number of furan rings is 1. The fraction of sp³-hybridized carbons (Fsp3) is 0.0435. The fourth-order valence-corrected chi connectivity index (χ4v) is 3.44. The predicted octanol–water partition coefficient (Wildman–Crippen LogP) is 6.13. The second-order valence-corrected chi connectivity index (χ2v) is 7.39. The first-order valence-corrected chi connectivity index (χ1v) is 9.87. The second-order valence-electron chi connectivity index (χ2n) is 6.55. The lowest BCUT2D eigenvalue weighted by Gasteiger charge is -2.09. The Kier molecular flexibility index (Phi) is 5.93. The van der Waals surface area contributed by atoms with E-state index in [4.69, 9.17) is 32.4 Å². The van der Waals surface area contributed by atoms with Crippen LogP contribution in [0.5, 0.6) is 5.75 Å². The monoisotopic (exact) mass is 457 g/mol. The molecule has 5 nitrogen and oxygen atoms in total.